The maximum atomic E-state index is 12.4. The molecule has 0 heterocycles. The van der Waals surface area contributed by atoms with Gasteiger partial charge in [0.2, 0.25) is 0 Å². The summed E-state index contributed by atoms with van der Waals surface area (Å²) < 4.78 is 0. The first-order chi connectivity index (χ1) is 9.62. The molecule has 4 heteroatoms. The minimum Gasteiger partial charge on any atom is -0.384 e. The normalized spacial score (nSPS) is 9.30. The highest BCUT2D eigenvalue weighted by molar-refractivity contribution is 5.94. The standard InChI is InChI=1S/C16H18N2O2/c1-3-18(8-5-7-17)16(20)15-11-13(2)10-14(12-15)6-4-9-19/h10-12,19H,3,5,8-9H2,1-2H3. The average molecular weight is 270 g/mol. The molecule has 1 amide bonds. The first kappa shape index (κ1) is 15.8. The molecule has 0 aliphatic carbocycles. The Hall–Kier alpha value is -2.30. The van der Waals surface area contributed by atoms with Crippen molar-refractivity contribution in [1.82, 2.24) is 4.90 Å². The topological polar surface area (TPSA) is 64.3 Å². The highest BCUT2D eigenvalue weighted by Crippen LogP contribution is 2.12. The van der Waals surface area contributed by atoms with Crippen molar-refractivity contribution in [2.24, 2.45) is 0 Å². The number of aliphatic hydroxyl groups is 1. The number of rotatable bonds is 4. The molecule has 0 aromatic heterocycles. The predicted molar refractivity (Wildman–Crippen MR) is 77.0 cm³/mol. The van der Waals surface area contributed by atoms with Gasteiger partial charge < -0.3 is 10.0 Å². The molecule has 0 unspecified atom stereocenters. The molecular formula is C16H18N2O2. The van der Waals surface area contributed by atoms with E-state index in [1.54, 1.807) is 11.0 Å². The Morgan fingerprint density at radius 1 is 1.40 bits per heavy atom. The zero-order valence-corrected chi connectivity index (χ0v) is 11.8. The first-order valence-electron chi connectivity index (χ1n) is 6.50. The molecule has 1 aromatic rings. The Balaban J connectivity index is 3.02. The molecule has 20 heavy (non-hydrogen) atoms. The minimum atomic E-state index is -0.208. The summed E-state index contributed by atoms with van der Waals surface area (Å²) in [5.41, 5.74) is 2.21. The Morgan fingerprint density at radius 3 is 2.75 bits per heavy atom. The fourth-order valence-electron chi connectivity index (χ4n) is 1.89. The third-order valence-corrected chi connectivity index (χ3v) is 2.80. The van der Waals surface area contributed by atoms with E-state index in [0.29, 0.717) is 30.6 Å². The first-order valence-corrected chi connectivity index (χ1v) is 6.50. The van der Waals surface area contributed by atoms with Gasteiger partial charge in [-0.25, -0.2) is 0 Å². The summed E-state index contributed by atoms with van der Waals surface area (Å²) in [6.45, 7) is 4.56. The van der Waals surface area contributed by atoms with Gasteiger partial charge in [-0.05, 0) is 37.6 Å². The molecule has 0 spiro atoms. The van der Waals surface area contributed by atoms with Gasteiger partial charge in [0.1, 0.15) is 6.61 Å². The van der Waals surface area contributed by atoms with Crippen LogP contribution in [0.4, 0.5) is 0 Å². The van der Waals surface area contributed by atoms with Gasteiger partial charge >= 0.3 is 0 Å². The van der Waals surface area contributed by atoms with Crippen molar-refractivity contribution in [3.8, 4) is 17.9 Å². The lowest BCUT2D eigenvalue weighted by Gasteiger charge is -2.19. The number of aliphatic hydroxyl groups excluding tert-OH is 1. The Labute approximate surface area is 119 Å². The van der Waals surface area contributed by atoms with Gasteiger partial charge in [-0.2, -0.15) is 5.26 Å². The maximum absolute atomic E-state index is 12.4. The number of nitriles is 1. The SMILES string of the molecule is CCN(CCC#N)C(=O)c1cc(C)cc(C#CCO)c1. The maximum Gasteiger partial charge on any atom is 0.253 e. The largest absolute Gasteiger partial charge is 0.384 e. The number of aryl methyl sites for hydroxylation is 1. The molecule has 1 rings (SSSR count). The Kier molecular flexibility index (Phi) is 6.29. The van der Waals surface area contributed by atoms with Crippen molar-refractivity contribution in [3.05, 3.63) is 34.9 Å². The summed E-state index contributed by atoms with van der Waals surface area (Å²) in [6.07, 6.45) is 0.322. The van der Waals surface area contributed by atoms with Crippen molar-refractivity contribution >= 4 is 5.91 Å². The number of carbonyl (C=O) groups excluding carboxylic acids is 1. The highest BCUT2D eigenvalue weighted by Gasteiger charge is 2.14. The average Bonchev–Trinajstić information content (AvgIpc) is 2.45. The van der Waals surface area contributed by atoms with Gasteiger partial charge in [-0.1, -0.05) is 11.8 Å². The van der Waals surface area contributed by atoms with E-state index in [9.17, 15) is 4.79 Å². The highest BCUT2D eigenvalue weighted by atomic mass is 16.2. The predicted octanol–water partition coefficient (Wildman–Crippen LogP) is 1.71. The van der Waals surface area contributed by atoms with Crippen LogP contribution in [0.25, 0.3) is 0 Å². The number of hydrogen-bond acceptors (Lipinski definition) is 3. The van der Waals surface area contributed by atoms with E-state index in [-0.39, 0.29) is 12.5 Å². The van der Waals surface area contributed by atoms with Crippen molar-refractivity contribution in [1.29, 1.82) is 5.26 Å². The summed E-state index contributed by atoms with van der Waals surface area (Å²) in [7, 11) is 0. The van der Waals surface area contributed by atoms with Crippen LogP contribution in [0.15, 0.2) is 18.2 Å². The number of carbonyl (C=O) groups is 1. The second kappa shape index (κ2) is 7.99. The molecule has 0 aliphatic rings. The van der Waals surface area contributed by atoms with E-state index in [1.807, 2.05) is 32.0 Å². The lowest BCUT2D eigenvalue weighted by atomic mass is 10.1. The molecular weight excluding hydrogens is 252 g/mol. The van der Waals surface area contributed by atoms with Gasteiger partial charge in [0.25, 0.3) is 5.91 Å². The van der Waals surface area contributed by atoms with E-state index in [1.165, 1.54) is 0 Å². The zero-order chi connectivity index (χ0) is 15.0. The summed E-state index contributed by atoms with van der Waals surface area (Å²) >= 11 is 0. The van der Waals surface area contributed by atoms with Crippen LogP contribution in [-0.4, -0.2) is 35.6 Å². The van der Waals surface area contributed by atoms with Crippen LogP contribution in [0.5, 0.6) is 0 Å². The molecule has 0 aliphatic heterocycles. The van der Waals surface area contributed by atoms with Crippen molar-refractivity contribution in [2.45, 2.75) is 20.3 Å². The number of nitrogens with zero attached hydrogens (tertiary/aromatic N) is 2. The fourth-order valence-corrected chi connectivity index (χ4v) is 1.89. The van der Waals surface area contributed by atoms with E-state index in [2.05, 4.69) is 11.8 Å². The second-order valence-corrected chi connectivity index (χ2v) is 4.34. The van der Waals surface area contributed by atoms with Crippen LogP contribution >= 0.6 is 0 Å². The monoisotopic (exact) mass is 270 g/mol. The third-order valence-electron chi connectivity index (χ3n) is 2.80. The number of amides is 1. The summed E-state index contributed by atoms with van der Waals surface area (Å²) in [4.78, 5) is 14.0. The van der Waals surface area contributed by atoms with E-state index in [0.717, 1.165) is 5.56 Å². The third kappa shape index (κ3) is 4.42. The number of benzene rings is 1. The van der Waals surface area contributed by atoms with Crippen LogP contribution in [0.1, 0.15) is 34.8 Å². The summed E-state index contributed by atoms with van der Waals surface area (Å²) in [6, 6.07) is 7.43. The van der Waals surface area contributed by atoms with Gasteiger partial charge in [0, 0.05) is 24.2 Å². The second-order valence-electron chi connectivity index (χ2n) is 4.34. The van der Waals surface area contributed by atoms with Gasteiger partial charge in [-0.3, -0.25) is 4.79 Å². The fraction of sp³-hybridized carbons (Fsp3) is 0.375. The number of hydrogen-bond donors (Lipinski definition) is 1. The van der Waals surface area contributed by atoms with Gasteiger partial charge in [0.15, 0.2) is 0 Å². The van der Waals surface area contributed by atoms with E-state index < -0.39 is 0 Å². The summed E-state index contributed by atoms with van der Waals surface area (Å²) in [5, 5.41) is 17.3. The van der Waals surface area contributed by atoms with Gasteiger partial charge in [-0.15, -0.1) is 0 Å². The van der Waals surface area contributed by atoms with Crippen LogP contribution < -0.4 is 0 Å². The van der Waals surface area contributed by atoms with Crippen molar-refractivity contribution in [3.63, 3.8) is 0 Å². The minimum absolute atomic E-state index is 0.0986. The Bertz CT molecular complexity index is 576. The molecule has 0 atom stereocenters. The molecule has 0 bridgehead atoms. The van der Waals surface area contributed by atoms with Crippen LogP contribution in [0.2, 0.25) is 0 Å². The molecule has 104 valence electrons. The van der Waals surface area contributed by atoms with Crippen molar-refractivity contribution in [2.75, 3.05) is 19.7 Å². The van der Waals surface area contributed by atoms with Crippen LogP contribution in [-0.2, 0) is 0 Å². The summed E-state index contributed by atoms with van der Waals surface area (Å²) in [5.74, 6) is 5.28. The quantitative estimate of drug-likeness (QED) is 0.847. The molecule has 0 saturated heterocycles. The molecule has 0 saturated carbocycles. The lowest BCUT2D eigenvalue weighted by molar-refractivity contribution is 0.0767. The van der Waals surface area contributed by atoms with Crippen molar-refractivity contribution < 1.29 is 9.90 Å². The Morgan fingerprint density at radius 2 is 2.15 bits per heavy atom. The smallest absolute Gasteiger partial charge is 0.253 e. The van der Waals surface area contributed by atoms with Crippen LogP contribution in [0.3, 0.4) is 0 Å². The molecule has 1 N–H and O–H groups in total. The van der Waals surface area contributed by atoms with Gasteiger partial charge in [0.05, 0.1) is 12.5 Å². The molecule has 0 radical (unpaired) electrons. The zero-order valence-electron chi connectivity index (χ0n) is 11.8. The molecule has 0 fully saturated rings. The molecule has 4 nitrogen and oxygen atoms in total. The van der Waals surface area contributed by atoms with Crippen LogP contribution in [0, 0.1) is 30.1 Å². The lowest BCUT2D eigenvalue weighted by Crippen LogP contribution is -2.31. The van der Waals surface area contributed by atoms with E-state index in [4.69, 9.17) is 10.4 Å². The molecule has 1 aromatic carbocycles. The van der Waals surface area contributed by atoms with E-state index >= 15 is 0 Å².